The smallest absolute Gasteiger partial charge is 0.337 e. The van der Waals surface area contributed by atoms with Crippen molar-refractivity contribution < 1.29 is 19.1 Å². The largest absolute Gasteiger partial charge is 0.465 e. The Morgan fingerprint density at radius 2 is 1.91 bits per heavy atom. The van der Waals surface area contributed by atoms with E-state index < -0.39 is 5.97 Å². The minimum Gasteiger partial charge on any atom is -0.465 e. The van der Waals surface area contributed by atoms with Crippen LogP contribution in [0.15, 0.2) is 67.0 Å². The zero-order valence-corrected chi connectivity index (χ0v) is 19.1. The number of methoxy groups -OCH3 is 1. The van der Waals surface area contributed by atoms with E-state index in [2.05, 4.69) is 10.3 Å². The second kappa shape index (κ2) is 9.83. The van der Waals surface area contributed by atoms with Crippen molar-refractivity contribution in [2.75, 3.05) is 20.3 Å². The lowest BCUT2D eigenvalue weighted by Crippen LogP contribution is -2.36. The zero-order valence-electron chi connectivity index (χ0n) is 18.3. The van der Waals surface area contributed by atoms with Gasteiger partial charge in [-0.1, -0.05) is 6.07 Å². The van der Waals surface area contributed by atoms with Gasteiger partial charge in [0.2, 0.25) is 0 Å². The molecular formula is C24H24N4O4S. The van der Waals surface area contributed by atoms with Gasteiger partial charge in [0.25, 0.3) is 0 Å². The first-order valence-corrected chi connectivity index (χ1v) is 10.9. The van der Waals surface area contributed by atoms with Gasteiger partial charge in [0.1, 0.15) is 6.54 Å². The molecule has 3 heterocycles. The predicted molar refractivity (Wildman–Crippen MR) is 126 cm³/mol. The molecule has 1 N–H and O–H groups in total. The van der Waals surface area contributed by atoms with E-state index in [0.717, 1.165) is 17.1 Å². The average molecular weight is 465 g/mol. The highest BCUT2D eigenvalue weighted by Crippen LogP contribution is 2.39. The van der Waals surface area contributed by atoms with Crippen molar-refractivity contribution in [3.63, 3.8) is 0 Å². The van der Waals surface area contributed by atoms with Crippen LogP contribution in [0.4, 0.5) is 0 Å². The number of hydrogen-bond donors (Lipinski definition) is 1. The molecule has 9 heteroatoms. The third kappa shape index (κ3) is 4.58. The first-order chi connectivity index (χ1) is 16.0. The van der Waals surface area contributed by atoms with E-state index in [-0.39, 0.29) is 24.6 Å². The van der Waals surface area contributed by atoms with Gasteiger partial charge >= 0.3 is 11.9 Å². The molecule has 0 amide bonds. The number of nitrogens with zero attached hydrogens (tertiary/aromatic N) is 3. The SMILES string of the molecule is CCOC(=O)CN1C(=S)N[C@H](c2ccccn2)[C@@H]1c1cccn1-c1ccc(C(=O)OC)cc1. The van der Waals surface area contributed by atoms with E-state index in [0.29, 0.717) is 17.3 Å². The normalized spacial score (nSPS) is 17.5. The van der Waals surface area contributed by atoms with Crippen molar-refractivity contribution >= 4 is 29.3 Å². The summed E-state index contributed by atoms with van der Waals surface area (Å²) >= 11 is 5.61. The van der Waals surface area contributed by atoms with Crippen LogP contribution >= 0.6 is 12.2 Å². The molecule has 0 spiro atoms. The molecule has 8 nitrogen and oxygen atoms in total. The van der Waals surface area contributed by atoms with E-state index in [4.69, 9.17) is 21.7 Å². The van der Waals surface area contributed by atoms with Crippen molar-refractivity contribution in [3.8, 4) is 5.69 Å². The molecule has 0 radical (unpaired) electrons. The Labute approximate surface area is 197 Å². The minimum absolute atomic E-state index is 0.0140. The van der Waals surface area contributed by atoms with Gasteiger partial charge in [-0.05, 0) is 67.7 Å². The summed E-state index contributed by atoms with van der Waals surface area (Å²) in [5.74, 6) is -0.746. The molecule has 1 saturated heterocycles. The van der Waals surface area contributed by atoms with Crippen LogP contribution in [0.5, 0.6) is 0 Å². The lowest BCUT2D eigenvalue weighted by Gasteiger charge is -2.28. The van der Waals surface area contributed by atoms with Crippen molar-refractivity contribution in [2.45, 2.75) is 19.0 Å². The summed E-state index contributed by atoms with van der Waals surface area (Å²) in [6.07, 6.45) is 3.66. The molecule has 2 atom stereocenters. The monoisotopic (exact) mass is 464 g/mol. The number of thiocarbonyl (C=S) groups is 1. The number of pyridine rings is 1. The summed E-state index contributed by atoms with van der Waals surface area (Å²) in [7, 11) is 1.35. The van der Waals surface area contributed by atoms with E-state index in [9.17, 15) is 9.59 Å². The highest BCUT2D eigenvalue weighted by atomic mass is 32.1. The summed E-state index contributed by atoms with van der Waals surface area (Å²) < 4.78 is 12.0. The average Bonchev–Trinajstić information content (AvgIpc) is 3.44. The molecule has 4 rings (SSSR count). The van der Waals surface area contributed by atoms with Crippen molar-refractivity contribution in [1.29, 1.82) is 0 Å². The second-order valence-corrected chi connectivity index (χ2v) is 7.79. The Morgan fingerprint density at radius 3 is 2.58 bits per heavy atom. The first-order valence-electron chi connectivity index (χ1n) is 10.5. The Bertz CT molecular complexity index is 1150. The molecule has 1 fully saturated rings. The molecule has 170 valence electrons. The Hall–Kier alpha value is -3.72. The molecule has 3 aromatic rings. The van der Waals surface area contributed by atoms with Crippen LogP contribution in [0.25, 0.3) is 5.69 Å². The predicted octanol–water partition coefficient (Wildman–Crippen LogP) is 3.19. The standard InChI is InChI=1S/C24H24N4O4S/c1-3-32-20(29)15-28-22(21(26-24(28)33)18-7-4-5-13-25-18)19-8-6-14-27(19)17-11-9-16(10-12-17)23(30)31-2/h4-14,21-22H,3,15H2,1-2H3,(H,26,33)/t21-,22+/m1/s1. The quantitative estimate of drug-likeness (QED) is 0.422. The number of aromatic nitrogens is 2. The fraction of sp³-hybridized carbons (Fsp3) is 0.250. The molecule has 1 aliphatic rings. The maximum atomic E-state index is 12.4. The van der Waals surface area contributed by atoms with Gasteiger partial charge in [0.05, 0.1) is 37.1 Å². The van der Waals surface area contributed by atoms with Crippen LogP contribution in [0.3, 0.4) is 0 Å². The second-order valence-electron chi connectivity index (χ2n) is 7.40. The first kappa shape index (κ1) is 22.5. The zero-order chi connectivity index (χ0) is 23.4. The lowest BCUT2D eigenvalue weighted by atomic mass is 10.0. The maximum Gasteiger partial charge on any atom is 0.337 e. The van der Waals surface area contributed by atoms with Crippen LogP contribution in [-0.2, 0) is 14.3 Å². The van der Waals surface area contributed by atoms with Crippen LogP contribution in [0.2, 0.25) is 0 Å². The fourth-order valence-corrected chi connectivity index (χ4v) is 4.29. The van der Waals surface area contributed by atoms with E-state index >= 15 is 0 Å². The summed E-state index contributed by atoms with van der Waals surface area (Å²) in [4.78, 5) is 30.5. The number of rotatable bonds is 7. The third-order valence-corrected chi connectivity index (χ3v) is 5.80. The van der Waals surface area contributed by atoms with Gasteiger partial charge in [-0.3, -0.25) is 9.78 Å². The van der Waals surface area contributed by atoms with Crippen LogP contribution in [0.1, 0.15) is 40.8 Å². The Kier molecular flexibility index (Phi) is 6.69. The molecule has 0 saturated carbocycles. The number of nitrogens with one attached hydrogen (secondary N) is 1. The van der Waals surface area contributed by atoms with Crippen molar-refractivity contribution in [1.82, 2.24) is 19.8 Å². The lowest BCUT2D eigenvalue weighted by molar-refractivity contribution is -0.143. The molecule has 0 unspecified atom stereocenters. The molecular weight excluding hydrogens is 440 g/mol. The summed E-state index contributed by atoms with van der Waals surface area (Å²) in [6.45, 7) is 2.08. The van der Waals surface area contributed by atoms with E-state index in [1.165, 1.54) is 7.11 Å². The molecule has 1 aliphatic heterocycles. The molecule has 0 bridgehead atoms. The number of ether oxygens (including phenoxy) is 2. The molecule has 33 heavy (non-hydrogen) atoms. The number of carbonyl (C=O) groups is 2. The van der Waals surface area contributed by atoms with Gasteiger partial charge in [-0.15, -0.1) is 0 Å². The van der Waals surface area contributed by atoms with E-state index in [1.807, 2.05) is 58.1 Å². The highest BCUT2D eigenvalue weighted by Gasteiger charge is 2.42. The van der Waals surface area contributed by atoms with Crippen LogP contribution < -0.4 is 5.32 Å². The fourth-order valence-electron chi connectivity index (χ4n) is 3.99. The Morgan fingerprint density at radius 1 is 1.12 bits per heavy atom. The highest BCUT2D eigenvalue weighted by molar-refractivity contribution is 7.80. The van der Waals surface area contributed by atoms with Gasteiger partial charge in [-0.25, -0.2) is 4.79 Å². The molecule has 0 aliphatic carbocycles. The minimum atomic E-state index is -0.393. The van der Waals surface area contributed by atoms with Gasteiger partial charge < -0.3 is 24.3 Å². The molecule has 2 aromatic heterocycles. The molecule has 1 aromatic carbocycles. The number of benzene rings is 1. The van der Waals surface area contributed by atoms with Crippen LogP contribution in [0, 0.1) is 0 Å². The van der Waals surface area contributed by atoms with Gasteiger partial charge in [0, 0.05) is 23.8 Å². The summed E-state index contributed by atoms with van der Waals surface area (Å²) in [5.41, 5.74) is 3.04. The van der Waals surface area contributed by atoms with Crippen LogP contribution in [-0.4, -0.2) is 51.8 Å². The van der Waals surface area contributed by atoms with Gasteiger partial charge in [-0.2, -0.15) is 0 Å². The Balaban J connectivity index is 1.74. The van der Waals surface area contributed by atoms with Crippen molar-refractivity contribution in [2.24, 2.45) is 0 Å². The third-order valence-electron chi connectivity index (χ3n) is 5.45. The number of esters is 2. The topological polar surface area (TPSA) is 85.7 Å². The summed E-state index contributed by atoms with van der Waals surface area (Å²) in [5, 5.41) is 3.79. The number of hydrogen-bond acceptors (Lipinski definition) is 6. The maximum absolute atomic E-state index is 12.4. The van der Waals surface area contributed by atoms with Crippen molar-refractivity contribution in [3.05, 3.63) is 83.9 Å². The van der Waals surface area contributed by atoms with Gasteiger partial charge in [0.15, 0.2) is 5.11 Å². The summed E-state index contributed by atoms with van der Waals surface area (Å²) in [6, 6.07) is 16.2. The number of carbonyl (C=O) groups excluding carboxylic acids is 2. The van der Waals surface area contributed by atoms with E-state index in [1.54, 1.807) is 25.3 Å².